The highest BCUT2D eigenvalue weighted by Gasteiger charge is 2.21. The monoisotopic (exact) mass is 409 g/mol. The number of rotatable bonds is 7. The van der Waals surface area contributed by atoms with Gasteiger partial charge in [0.25, 0.3) is 0 Å². The van der Waals surface area contributed by atoms with Gasteiger partial charge in [-0.05, 0) is 72.4 Å². The number of tetrazole rings is 1. The number of amides is 1. The Hall–Kier alpha value is -2.67. The van der Waals surface area contributed by atoms with Crippen molar-refractivity contribution in [3.05, 3.63) is 59.2 Å². The molecular weight excluding hydrogens is 382 g/mol. The van der Waals surface area contributed by atoms with E-state index in [2.05, 4.69) is 46.8 Å². The number of hydrogen-bond donors (Lipinski definition) is 1. The minimum Gasteiger partial charge on any atom is -0.325 e. The summed E-state index contributed by atoms with van der Waals surface area (Å²) in [5.41, 5.74) is 5.15. The molecule has 0 aliphatic heterocycles. The van der Waals surface area contributed by atoms with Crippen molar-refractivity contribution in [2.45, 2.75) is 57.4 Å². The van der Waals surface area contributed by atoms with Crippen LogP contribution in [0.5, 0.6) is 0 Å². The van der Waals surface area contributed by atoms with Gasteiger partial charge in [0.2, 0.25) is 11.1 Å². The van der Waals surface area contributed by atoms with Gasteiger partial charge < -0.3 is 5.32 Å². The molecule has 1 aromatic heterocycles. The van der Waals surface area contributed by atoms with E-state index >= 15 is 0 Å². The van der Waals surface area contributed by atoms with Crippen LogP contribution >= 0.6 is 11.8 Å². The Kier molecular flexibility index (Phi) is 6.69. The number of hydrogen-bond acceptors (Lipinski definition) is 5. The standard InChI is InChI=1S/C22H27N5OS/c1-6-15(3)18-9-7-8-10-19(18)23-21(28)17(5)29-22-24-25-26-27(22)20-13-14(2)11-12-16(20)4/h7-13,15,17H,6H2,1-5H3,(H,23,28)/t15-,17-/m1/s1. The van der Waals surface area contributed by atoms with Crippen LogP contribution in [0.2, 0.25) is 0 Å². The van der Waals surface area contributed by atoms with Gasteiger partial charge in [0.15, 0.2) is 0 Å². The van der Waals surface area contributed by atoms with E-state index < -0.39 is 0 Å². The molecule has 0 saturated heterocycles. The molecule has 2 atom stereocenters. The normalized spacial score (nSPS) is 13.1. The number of anilines is 1. The molecular formula is C22H27N5OS. The summed E-state index contributed by atoms with van der Waals surface area (Å²) >= 11 is 1.35. The lowest BCUT2D eigenvalue weighted by Crippen LogP contribution is -2.23. The van der Waals surface area contributed by atoms with E-state index in [9.17, 15) is 4.79 Å². The molecule has 1 heterocycles. The first kappa shape index (κ1) is 21.0. The molecule has 0 bridgehead atoms. The predicted octanol–water partition coefficient (Wildman–Crippen LogP) is 4.91. The molecule has 0 radical (unpaired) electrons. The minimum absolute atomic E-state index is 0.0683. The van der Waals surface area contributed by atoms with Crippen LogP contribution in [0.3, 0.4) is 0 Å². The molecule has 2 aromatic carbocycles. The van der Waals surface area contributed by atoms with Crippen molar-refractivity contribution >= 4 is 23.4 Å². The van der Waals surface area contributed by atoms with Crippen LogP contribution in [-0.4, -0.2) is 31.4 Å². The van der Waals surface area contributed by atoms with Crippen LogP contribution in [0.15, 0.2) is 47.6 Å². The predicted molar refractivity (Wildman–Crippen MR) is 118 cm³/mol. The molecule has 0 unspecified atom stereocenters. The van der Waals surface area contributed by atoms with Crippen molar-refractivity contribution in [2.75, 3.05) is 5.32 Å². The van der Waals surface area contributed by atoms with Crippen molar-refractivity contribution < 1.29 is 4.79 Å². The summed E-state index contributed by atoms with van der Waals surface area (Å²) in [7, 11) is 0. The van der Waals surface area contributed by atoms with Crippen LogP contribution in [0.4, 0.5) is 5.69 Å². The van der Waals surface area contributed by atoms with E-state index in [1.165, 1.54) is 11.8 Å². The molecule has 29 heavy (non-hydrogen) atoms. The third-order valence-electron chi connectivity index (χ3n) is 5.05. The second-order valence-electron chi connectivity index (χ2n) is 7.31. The average molecular weight is 410 g/mol. The van der Waals surface area contributed by atoms with Crippen molar-refractivity contribution in [2.24, 2.45) is 0 Å². The maximum absolute atomic E-state index is 12.9. The van der Waals surface area contributed by atoms with Gasteiger partial charge in [-0.15, -0.1) is 5.10 Å². The Morgan fingerprint density at radius 3 is 2.69 bits per heavy atom. The van der Waals surface area contributed by atoms with E-state index in [0.29, 0.717) is 11.1 Å². The molecule has 152 valence electrons. The zero-order valence-electron chi connectivity index (χ0n) is 17.5. The number of nitrogens with one attached hydrogen (secondary N) is 1. The lowest BCUT2D eigenvalue weighted by molar-refractivity contribution is -0.115. The van der Waals surface area contributed by atoms with Crippen molar-refractivity contribution in [1.29, 1.82) is 0 Å². The molecule has 7 heteroatoms. The number of benzene rings is 2. The number of aryl methyl sites for hydroxylation is 2. The summed E-state index contributed by atoms with van der Waals surface area (Å²) in [4.78, 5) is 12.9. The number of carbonyl (C=O) groups is 1. The van der Waals surface area contributed by atoms with Gasteiger partial charge in [-0.1, -0.05) is 55.9 Å². The fourth-order valence-electron chi connectivity index (χ4n) is 3.06. The molecule has 3 rings (SSSR count). The van der Waals surface area contributed by atoms with Crippen LogP contribution in [-0.2, 0) is 4.79 Å². The molecule has 3 aromatic rings. The number of carbonyl (C=O) groups excluding carboxylic acids is 1. The molecule has 1 N–H and O–H groups in total. The first-order valence-corrected chi connectivity index (χ1v) is 10.7. The third-order valence-corrected chi connectivity index (χ3v) is 6.08. The highest BCUT2D eigenvalue weighted by molar-refractivity contribution is 8.00. The Bertz CT molecular complexity index is 1000. The summed E-state index contributed by atoms with van der Waals surface area (Å²) in [5.74, 6) is 0.312. The lowest BCUT2D eigenvalue weighted by Gasteiger charge is -2.17. The van der Waals surface area contributed by atoms with Crippen LogP contribution in [0, 0.1) is 13.8 Å². The maximum Gasteiger partial charge on any atom is 0.237 e. The molecule has 1 amide bonds. The van der Waals surface area contributed by atoms with Crippen molar-refractivity contribution in [3.63, 3.8) is 0 Å². The van der Waals surface area contributed by atoms with Gasteiger partial charge >= 0.3 is 0 Å². The van der Waals surface area contributed by atoms with Gasteiger partial charge in [-0.3, -0.25) is 4.79 Å². The van der Waals surface area contributed by atoms with E-state index in [4.69, 9.17) is 0 Å². The number of thioether (sulfide) groups is 1. The maximum atomic E-state index is 12.9. The first-order chi connectivity index (χ1) is 13.9. The fraction of sp³-hybridized carbons (Fsp3) is 0.364. The number of para-hydroxylation sites is 1. The average Bonchev–Trinajstić information content (AvgIpc) is 3.17. The second-order valence-corrected chi connectivity index (χ2v) is 8.62. The summed E-state index contributed by atoms with van der Waals surface area (Å²) in [6.45, 7) is 10.2. The van der Waals surface area contributed by atoms with Gasteiger partial charge in [0.1, 0.15) is 0 Å². The molecule has 6 nitrogen and oxygen atoms in total. The molecule has 0 saturated carbocycles. The summed E-state index contributed by atoms with van der Waals surface area (Å²) in [6, 6.07) is 14.1. The summed E-state index contributed by atoms with van der Waals surface area (Å²) < 4.78 is 1.70. The van der Waals surface area contributed by atoms with E-state index in [-0.39, 0.29) is 11.2 Å². The summed E-state index contributed by atoms with van der Waals surface area (Å²) in [5, 5.41) is 15.4. The Morgan fingerprint density at radius 2 is 1.93 bits per heavy atom. The van der Waals surface area contributed by atoms with Crippen molar-refractivity contribution in [1.82, 2.24) is 20.2 Å². The third kappa shape index (κ3) is 4.85. The van der Waals surface area contributed by atoms with Gasteiger partial charge in [0, 0.05) is 5.69 Å². The first-order valence-electron chi connectivity index (χ1n) is 9.83. The fourth-order valence-corrected chi connectivity index (χ4v) is 3.86. The number of aromatic nitrogens is 4. The Labute approximate surface area is 176 Å². The molecule has 0 spiro atoms. The zero-order valence-corrected chi connectivity index (χ0v) is 18.3. The topological polar surface area (TPSA) is 72.7 Å². The Morgan fingerprint density at radius 1 is 1.17 bits per heavy atom. The van der Waals surface area contributed by atoms with E-state index in [1.807, 2.05) is 51.1 Å². The van der Waals surface area contributed by atoms with Crippen LogP contribution < -0.4 is 5.32 Å². The molecule has 0 aliphatic rings. The van der Waals surface area contributed by atoms with Gasteiger partial charge in [-0.2, -0.15) is 4.68 Å². The SMILES string of the molecule is CC[C@@H](C)c1ccccc1NC(=O)[C@@H](C)Sc1nnnn1-c1cc(C)ccc1C. The van der Waals surface area contributed by atoms with Crippen LogP contribution in [0.25, 0.3) is 5.69 Å². The summed E-state index contributed by atoms with van der Waals surface area (Å²) in [6.07, 6.45) is 1.02. The quantitative estimate of drug-likeness (QED) is 0.561. The van der Waals surface area contributed by atoms with E-state index in [0.717, 1.165) is 34.5 Å². The smallest absolute Gasteiger partial charge is 0.237 e. The van der Waals surface area contributed by atoms with Gasteiger partial charge in [0.05, 0.1) is 10.9 Å². The van der Waals surface area contributed by atoms with Crippen LogP contribution in [0.1, 0.15) is 49.8 Å². The Balaban J connectivity index is 1.77. The lowest BCUT2D eigenvalue weighted by atomic mass is 9.97. The number of nitrogens with zero attached hydrogens (tertiary/aromatic N) is 4. The largest absolute Gasteiger partial charge is 0.325 e. The highest BCUT2D eigenvalue weighted by Crippen LogP contribution is 2.29. The second kappa shape index (κ2) is 9.22. The zero-order chi connectivity index (χ0) is 21.0. The van der Waals surface area contributed by atoms with E-state index in [1.54, 1.807) is 4.68 Å². The van der Waals surface area contributed by atoms with Gasteiger partial charge in [-0.25, -0.2) is 0 Å². The molecule has 0 fully saturated rings. The molecule has 0 aliphatic carbocycles. The highest BCUT2D eigenvalue weighted by atomic mass is 32.2. The minimum atomic E-state index is -0.352. The van der Waals surface area contributed by atoms with Crippen molar-refractivity contribution in [3.8, 4) is 5.69 Å².